The number of carbonyl (C=O) groups is 4. The lowest BCUT2D eigenvalue weighted by Crippen LogP contribution is -2.14. The van der Waals surface area contributed by atoms with Crippen molar-refractivity contribution in [3.05, 3.63) is 186 Å². The molecule has 0 amide bonds. The highest BCUT2D eigenvalue weighted by Crippen LogP contribution is 2.32. The summed E-state index contributed by atoms with van der Waals surface area (Å²) in [6.07, 6.45) is 1.32. The van der Waals surface area contributed by atoms with Gasteiger partial charge >= 0.3 is 23.9 Å². The summed E-state index contributed by atoms with van der Waals surface area (Å²) in [4.78, 5) is 51.6. The molecular weight excluding hydrogens is 769 g/mol. The maximum atomic E-state index is 13.5. The summed E-state index contributed by atoms with van der Waals surface area (Å²) in [6, 6.07) is 28.7. The normalized spacial score (nSPS) is 10.9. The summed E-state index contributed by atoms with van der Waals surface area (Å²) in [5, 5.41) is 0. The monoisotopic (exact) mass is 818 g/mol. The van der Waals surface area contributed by atoms with E-state index in [1.54, 1.807) is 25.3 Å². The number of aryl methyl sites for hydroxylation is 8. The average molecular weight is 819 g/mol. The molecular formula is C52H50O9. The third-order valence-corrected chi connectivity index (χ3v) is 10.6. The summed E-state index contributed by atoms with van der Waals surface area (Å²) in [5.41, 5.74) is 12.4. The van der Waals surface area contributed by atoms with Gasteiger partial charge in [-0.1, -0.05) is 54.6 Å². The summed E-state index contributed by atoms with van der Waals surface area (Å²) < 4.78 is 27.9. The summed E-state index contributed by atoms with van der Waals surface area (Å²) in [5.74, 6) is 0.120. The molecule has 0 saturated heterocycles. The van der Waals surface area contributed by atoms with Gasteiger partial charge in [0.2, 0.25) is 0 Å². The fourth-order valence-electron chi connectivity index (χ4n) is 7.93. The van der Waals surface area contributed by atoms with E-state index in [4.69, 9.17) is 23.7 Å². The number of methoxy groups -OCH3 is 2. The summed E-state index contributed by atoms with van der Waals surface area (Å²) >= 11 is 0. The first-order chi connectivity index (χ1) is 29.0. The van der Waals surface area contributed by atoms with Crippen molar-refractivity contribution in [2.45, 2.75) is 68.2 Å². The minimum Gasteiger partial charge on any atom is -0.496 e. The van der Waals surface area contributed by atoms with Crippen LogP contribution in [0.1, 0.15) is 108 Å². The Bertz CT molecular complexity index is 2600. The lowest BCUT2D eigenvalue weighted by molar-refractivity contribution is 0.0598. The minimum absolute atomic E-state index is 0.219. The van der Waals surface area contributed by atoms with Crippen molar-refractivity contribution < 1.29 is 42.9 Å². The maximum Gasteiger partial charge on any atom is 0.343 e. The third kappa shape index (κ3) is 10.1. The SMILES string of the molecule is COC(=O)c1ccc(C(=O)Oc2c(C)cc(Cc3cc(C)c(OC(=O)c4cccc(C(=O)Oc5c(C)cc(Cc6cc(C)c(OC)c(C)c6)cc5C)c4)c(C)c3)cc2C)cc1. The lowest BCUT2D eigenvalue weighted by atomic mass is 9.97. The van der Waals surface area contributed by atoms with E-state index in [1.807, 2.05) is 91.8 Å². The Balaban J connectivity index is 1.10. The molecule has 6 rings (SSSR count). The predicted octanol–water partition coefficient (Wildman–Crippen LogP) is 10.8. The smallest absolute Gasteiger partial charge is 0.343 e. The fourth-order valence-corrected chi connectivity index (χ4v) is 7.93. The molecule has 0 atom stereocenters. The molecule has 0 heterocycles. The molecule has 0 saturated carbocycles. The number of benzene rings is 6. The van der Waals surface area contributed by atoms with Gasteiger partial charge in [0.1, 0.15) is 23.0 Å². The molecule has 0 aliphatic heterocycles. The van der Waals surface area contributed by atoms with Gasteiger partial charge in [0, 0.05) is 0 Å². The molecule has 9 nitrogen and oxygen atoms in total. The molecule has 6 aromatic rings. The molecule has 6 aromatic carbocycles. The molecule has 61 heavy (non-hydrogen) atoms. The number of ether oxygens (including phenoxy) is 5. The Morgan fingerprint density at radius 3 is 0.934 bits per heavy atom. The van der Waals surface area contributed by atoms with Crippen molar-refractivity contribution in [2.75, 3.05) is 14.2 Å². The van der Waals surface area contributed by atoms with E-state index in [0.717, 1.165) is 73.4 Å². The molecule has 0 fully saturated rings. The van der Waals surface area contributed by atoms with Crippen LogP contribution in [0.3, 0.4) is 0 Å². The first-order valence-electron chi connectivity index (χ1n) is 19.9. The molecule has 0 radical (unpaired) electrons. The summed E-state index contributed by atoms with van der Waals surface area (Å²) in [6.45, 7) is 15.5. The first kappa shape index (κ1) is 43.6. The van der Waals surface area contributed by atoms with Gasteiger partial charge in [-0.25, -0.2) is 19.2 Å². The molecule has 0 aromatic heterocycles. The van der Waals surface area contributed by atoms with Gasteiger partial charge in [-0.05, 0) is 177 Å². The lowest BCUT2D eigenvalue weighted by Gasteiger charge is -2.16. The molecule has 0 bridgehead atoms. The van der Waals surface area contributed by atoms with Gasteiger partial charge < -0.3 is 23.7 Å². The highest BCUT2D eigenvalue weighted by Gasteiger charge is 2.20. The number of hydrogen-bond acceptors (Lipinski definition) is 9. The van der Waals surface area contributed by atoms with Crippen molar-refractivity contribution in [1.82, 2.24) is 0 Å². The molecule has 0 N–H and O–H groups in total. The third-order valence-electron chi connectivity index (χ3n) is 10.6. The van der Waals surface area contributed by atoms with E-state index < -0.39 is 23.9 Å². The van der Waals surface area contributed by atoms with E-state index >= 15 is 0 Å². The van der Waals surface area contributed by atoms with Gasteiger partial charge in [-0.3, -0.25) is 0 Å². The number of esters is 4. The van der Waals surface area contributed by atoms with Gasteiger partial charge in [0.25, 0.3) is 0 Å². The Labute approximate surface area is 357 Å². The van der Waals surface area contributed by atoms with Gasteiger partial charge in [0.05, 0.1) is 36.5 Å². The highest BCUT2D eigenvalue weighted by molar-refractivity contribution is 5.97. The van der Waals surface area contributed by atoms with Crippen LogP contribution in [0.5, 0.6) is 23.0 Å². The molecule has 312 valence electrons. The summed E-state index contributed by atoms with van der Waals surface area (Å²) in [7, 11) is 2.98. The Morgan fingerprint density at radius 2 is 0.639 bits per heavy atom. The van der Waals surface area contributed by atoms with Gasteiger partial charge in [-0.15, -0.1) is 0 Å². The van der Waals surface area contributed by atoms with Crippen LogP contribution >= 0.6 is 0 Å². The Hall–Kier alpha value is -7.00. The fraction of sp³-hybridized carbons (Fsp3) is 0.231. The van der Waals surface area contributed by atoms with Crippen LogP contribution < -0.4 is 18.9 Å². The molecule has 0 spiro atoms. The van der Waals surface area contributed by atoms with E-state index in [2.05, 4.69) is 12.1 Å². The van der Waals surface area contributed by atoms with Crippen LogP contribution in [-0.2, 0) is 17.6 Å². The molecule has 9 heteroatoms. The standard InChI is InChI=1S/C52H50O9/c1-29-18-37(19-30(2)45(29)57-9)26-38-22-33(5)47(34(6)23-38)60-51(55)43-12-11-13-44(28-43)52(56)61-48-35(7)24-40(25-36(48)8)27-39-20-31(3)46(32(4)21-39)59-50(54)42-16-14-41(15-17-42)49(53)58-10/h11-25,28H,26-27H2,1-10H3. The largest absolute Gasteiger partial charge is 0.496 e. The second kappa shape index (κ2) is 18.5. The van der Waals surface area contributed by atoms with Crippen LogP contribution in [0.2, 0.25) is 0 Å². The first-order valence-corrected chi connectivity index (χ1v) is 19.9. The zero-order chi connectivity index (χ0) is 44.1. The van der Waals surface area contributed by atoms with E-state index in [0.29, 0.717) is 34.8 Å². The molecule has 0 aliphatic rings. The van der Waals surface area contributed by atoms with Crippen molar-refractivity contribution in [3.63, 3.8) is 0 Å². The van der Waals surface area contributed by atoms with Crippen molar-refractivity contribution in [3.8, 4) is 23.0 Å². The minimum atomic E-state index is -0.592. The zero-order valence-corrected chi connectivity index (χ0v) is 36.3. The topological polar surface area (TPSA) is 114 Å². The number of rotatable bonds is 12. The van der Waals surface area contributed by atoms with Crippen LogP contribution in [0, 0.1) is 55.4 Å². The Kier molecular flexibility index (Phi) is 13.2. The maximum absolute atomic E-state index is 13.5. The van der Waals surface area contributed by atoms with Crippen LogP contribution in [0.25, 0.3) is 0 Å². The molecule has 0 aliphatic carbocycles. The highest BCUT2D eigenvalue weighted by atomic mass is 16.5. The van der Waals surface area contributed by atoms with E-state index in [-0.39, 0.29) is 11.1 Å². The number of hydrogen-bond donors (Lipinski definition) is 0. The van der Waals surface area contributed by atoms with Crippen LogP contribution in [0.4, 0.5) is 0 Å². The second-order valence-electron chi connectivity index (χ2n) is 15.6. The van der Waals surface area contributed by atoms with E-state index in [1.165, 1.54) is 43.0 Å². The van der Waals surface area contributed by atoms with Gasteiger partial charge in [0.15, 0.2) is 0 Å². The van der Waals surface area contributed by atoms with Gasteiger partial charge in [-0.2, -0.15) is 0 Å². The van der Waals surface area contributed by atoms with Crippen molar-refractivity contribution in [1.29, 1.82) is 0 Å². The van der Waals surface area contributed by atoms with Crippen molar-refractivity contribution in [2.24, 2.45) is 0 Å². The zero-order valence-electron chi connectivity index (χ0n) is 36.3. The second-order valence-corrected chi connectivity index (χ2v) is 15.6. The number of carbonyl (C=O) groups excluding carboxylic acids is 4. The quantitative estimate of drug-likeness (QED) is 0.0879. The average Bonchev–Trinajstić information content (AvgIpc) is 3.21. The van der Waals surface area contributed by atoms with E-state index in [9.17, 15) is 19.2 Å². The predicted molar refractivity (Wildman–Crippen MR) is 235 cm³/mol. The van der Waals surface area contributed by atoms with Crippen LogP contribution in [-0.4, -0.2) is 38.1 Å². The molecule has 0 unspecified atom stereocenters. The van der Waals surface area contributed by atoms with Crippen molar-refractivity contribution >= 4 is 23.9 Å². The van der Waals surface area contributed by atoms with Crippen LogP contribution in [0.15, 0.2) is 97.1 Å². The Morgan fingerprint density at radius 1 is 0.361 bits per heavy atom.